The highest BCUT2D eigenvalue weighted by molar-refractivity contribution is 6.15. The summed E-state index contributed by atoms with van der Waals surface area (Å²) in [6.07, 6.45) is -4.01. The lowest BCUT2D eigenvalue weighted by molar-refractivity contribution is -0.137. The number of rotatable bonds is 11. The third-order valence-corrected chi connectivity index (χ3v) is 6.94. The molecule has 10 heteroatoms. The molecule has 0 saturated heterocycles. The van der Waals surface area contributed by atoms with Crippen molar-refractivity contribution >= 4 is 16.6 Å². The first-order chi connectivity index (χ1) is 18.5. The van der Waals surface area contributed by atoms with Crippen molar-refractivity contribution in [3.8, 4) is 45.6 Å². The summed E-state index contributed by atoms with van der Waals surface area (Å²) >= 11 is 0. The zero-order chi connectivity index (χ0) is 29.1. The van der Waals surface area contributed by atoms with Gasteiger partial charge in [-0.2, -0.15) is 13.2 Å². The summed E-state index contributed by atoms with van der Waals surface area (Å²) in [5, 5.41) is 11.2. The maximum atomic E-state index is 15.0. The van der Waals surface area contributed by atoms with Gasteiger partial charge >= 0.3 is 6.18 Å². The molecule has 0 saturated carbocycles. The summed E-state index contributed by atoms with van der Waals surface area (Å²) in [6, 6.07) is 5.61. The second-order valence-corrected chi connectivity index (χ2v) is 8.92. The lowest BCUT2D eigenvalue weighted by Gasteiger charge is -2.25. The largest absolute Gasteiger partial charge is 0.507 e. The van der Waals surface area contributed by atoms with Gasteiger partial charge in [0, 0.05) is 22.8 Å². The Morgan fingerprint density at radius 1 is 0.846 bits per heavy atom. The van der Waals surface area contributed by atoms with Crippen LogP contribution in [0.1, 0.15) is 49.0 Å². The number of carbonyl (C=O) groups excluding carboxylic acids is 1. The molecular formula is C29H33F3O7. The zero-order valence-electron chi connectivity index (χ0n) is 23.0. The standard InChI is InChI=1S/C29H33F3O7/c1-8-15(9-2)12-18(33)24-25(29(30,31)32)22(16-10-11-19(35-3)20(13-16)36-4)23-17(26(24)34)14-21(37-5)27(38-6)28(23)39-7/h10-11,13-15,34H,8-9,12H2,1-7H3. The molecule has 0 aliphatic heterocycles. The van der Waals surface area contributed by atoms with Crippen LogP contribution in [0.25, 0.3) is 21.9 Å². The van der Waals surface area contributed by atoms with Crippen molar-refractivity contribution < 1.29 is 46.8 Å². The van der Waals surface area contributed by atoms with E-state index in [1.165, 1.54) is 59.8 Å². The predicted octanol–water partition coefficient (Wildman–Crippen LogP) is 7.28. The fourth-order valence-corrected chi connectivity index (χ4v) is 4.87. The van der Waals surface area contributed by atoms with E-state index in [9.17, 15) is 9.90 Å². The molecule has 1 N–H and O–H groups in total. The number of alkyl halides is 3. The molecule has 0 radical (unpaired) electrons. The maximum absolute atomic E-state index is 15.0. The van der Waals surface area contributed by atoms with E-state index in [-0.39, 0.29) is 57.2 Å². The van der Waals surface area contributed by atoms with E-state index in [4.69, 9.17) is 23.7 Å². The molecule has 3 rings (SSSR count). The van der Waals surface area contributed by atoms with E-state index in [1.54, 1.807) is 0 Å². The van der Waals surface area contributed by atoms with Crippen molar-refractivity contribution in [2.75, 3.05) is 35.5 Å². The van der Waals surface area contributed by atoms with Crippen LogP contribution < -0.4 is 23.7 Å². The summed E-state index contributed by atoms with van der Waals surface area (Å²) in [5.74, 6) is -1.27. The number of ketones is 1. The summed E-state index contributed by atoms with van der Waals surface area (Å²) in [6.45, 7) is 3.73. The van der Waals surface area contributed by atoms with Gasteiger partial charge in [0.15, 0.2) is 28.8 Å². The Labute approximate surface area is 225 Å². The van der Waals surface area contributed by atoms with E-state index >= 15 is 13.2 Å². The molecule has 0 aliphatic carbocycles. The highest BCUT2D eigenvalue weighted by atomic mass is 19.4. The first-order valence-electron chi connectivity index (χ1n) is 12.4. The Bertz CT molecular complexity index is 1360. The van der Waals surface area contributed by atoms with Gasteiger partial charge < -0.3 is 28.8 Å². The first-order valence-corrected chi connectivity index (χ1v) is 12.4. The highest BCUT2D eigenvalue weighted by Gasteiger charge is 2.43. The molecule has 0 heterocycles. The van der Waals surface area contributed by atoms with Crippen LogP contribution in [0.5, 0.6) is 34.5 Å². The normalized spacial score (nSPS) is 11.6. The topological polar surface area (TPSA) is 83.5 Å². The van der Waals surface area contributed by atoms with Crippen LogP contribution in [0, 0.1) is 5.92 Å². The average molecular weight is 551 g/mol. The molecule has 3 aromatic rings. The van der Waals surface area contributed by atoms with Crippen LogP contribution in [0.4, 0.5) is 13.2 Å². The molecule has 0 spiro atoms. The Morgan fingerprint density at radius 3 is 1.92 bits per heavy atom. The molecule has 0 unspecified atom stereocenters. The summed E-state index contributed by atoms with van der Waals surface area (Å²) < 4.78 is 72.1. The minimum absolute atomic E-state index is 0.0258. The van der Waals surface area contributed by atoms with E-state index in [0.29, 0.717) is 18.6 Å². The molecule has 0 atom stereocenters. The second-order valence-electron chi connectivity index (χ2n) is 8.92. The van der Waals surface area contributed by atoms with Crippen molar-refractivity contribution in [2.45, 2.75) is 39.3 Å². The van der Waals surface area contributed by atoms with E-state index < -0.39 is 28.8 Å². The third-order valence-electron chi connectivity index (χ3n) is 6.94. The van der Waals surface area contributed by atoms with Gasteiger partial charge in [-0.05, 0) is 29.7 Å². The van der Waals surface area contributed by atoms with Crippen LogP contribution in [-0.2, 0) is 6.18 Å². The number of phenols is 1. The van der Waals surface area contributed by atoms with Crippen LogP contribution in [0.2, 0.25) is 0 Å². The van der Waals surface area contributed by atoms with Crippen molar-refractivity contribution in [1.29, 1.82) is 0 Å². The minimum atomic E-state index is -5.04. The highest BCUT2D eigenvalue weighted by Crippen LogP contribution is 2.55. The smallest absolute Gasteiger partial charge is 0.417 e. The first kappa shape index (κ1) is 29.7. The van der Waals surface area contributed by atoms with Crippen LogP contribution in [-0.4, -0.2) is 46.4 Å². The zero-order valence-corrected chi connectivity index (χ0v) is 23.0. The van der Waals surface area contributed by atoms with Gasteiger partial charge in [-0.15, -0.1) is 0 Å². The van der Waals surface area contributed by atoms with Gasteiger partial charge in [0.05, 0.1) is 46.7 Å². The van der Waals surface area contributed by atoms with E-state index in [0.717, 1.165) is 0 Å². The van der Waals surface area contributed by atoms with Crippen molar-refractivity contribution in [3.05, 3.63) is 35.4 Å². The average Bonchev–Trinajstić information content (AvgIpc) is 2.93. The number of aromatic hydroxyl groups is 1. The predicted molar refractivity (Wildman–Crippen MR) is 142 cm³/mol. The number of Topliss-reactive ketones (excluding diaryl/α,β-unsaturated/α-hetero) is 1. The van der Waals surface area contributed by atoms with Crippen LogP contribution >= 0.6 is 0 Å². The SMILES string of the molecule is CCC(CC)CC(=O)c1c(C(F)(F)F)c(-c2ccc(OC)c(OC)c2)c2c(OC)c(OC)c(OC)cc2c1O. The molecular weight excluding hydrogens is 517 g/mol. The molecule has 39 heavy (non-hydrogen) atoms. The van der Waals surface area contributed by atoms with Gasteiger partial charge in [0.1, 0.15) is 5.75 Å². The summed E-state index contributed by atoms with van der Waals surface area (Å²) in [4.78, 5) is 13.6. The van der Waals surface area contributed by atoms with Crippen molar-refractivity contribution in [2.24, 2.45) is 5.92 Å². The Kier molecular flexibility index (Phi) is 9.09. The van der Waals surface area contributed by atoms with Gasteiger partial charge in [-0.25, -0.2) is 0 Å². The van der Waals surface area contributed by atoms with Gasteiger partial charge in [-0.1, -0.05) is 32.8 Å². The number of hydrogen-bond donors (Lipinski definition) is 1. The number of carbonyl (C=O) groups is 1. The lowest BCUT2D eigenvalue weighted by atomic mass is 9.84. The van der Waals surface area contributed by atoms with Crippen molar-refractivity contribution in [1.82, 2.24) is 0 Å². The Balaban J connectivity index is 2.67. The van der Waals surface area contributed by atoms with Gasteiger partial charge in [-0.3, -0.25) is 4.79 Å². The number of halogens is 3. The number of phenolic OH excluding ortho intramolecular Hbond substituents is 1. The molecule has 3 aromatic carbocycles. The molecule has 0 amide bonds. The summed E-state index contributed by atoms with van der Waals surface area (Å²) in [7, 11) is 6.70. The molecule has 7 nitrogen and oxygen atoms in total. The third kappa shape index (κ3) is 5.37. The quantitative estimate of drug-likeness (QED) is 0.251. The fourth-order valence-electron chi connectivity index (χ4n) is 4.87. The van der Waals surface area contributed by atoms with Crippen molar-refractivity contribution in [3.63, 3.8) is 0 Å². The van der Waals surface area contributed by atoms with Gasteiger partial charge in [0.2, 0.25) is 5.75 Å². The Morgan fingerprint density at radius 2 is 1.44 bits per heavy atom. The number of hydrogen-bond acceptors (Lipinski definition) is 7. The Hall–Kier alpha value is -3.82. The molecule has 212 valence electrons. The van der Waals surface area contributed by atoms with Crippen LogP contribution in [0.3, 0.4) is 0 Å². The summed E-state index contributed by atoms with van der Waals surface area (Å²) in [5.41, 5.74) is -2.39. The van der Waals surface area contributed by atoms with E-state index in [2.05, 4.69) is 0 Å². The van der Waals surface area contributed by atoms with Crippen LogP contribution in [0.15, 0.2) is 24.3 Å². The number of benzene rings is 3. The monoisotopic (exact) mass is 550 g/mol. The number of methoxy groups -OCH3 is 5. The molecule has 0 aliphatic rings. The number of fused-ring (bicyclic) bond motifs is 1. The molecule has 0 aromatic heterocycles. The van der Waals surface area contributed by atoms with Gasteiger partial charge in [0.25, 0.3) is 0 Å². The fraction of sp³-hybridized carbons (Fsp3) is 0.414. The molecule has 0 fully saturated rings. The van der Waals surface area contributed by atoms with E-state index in [1.807, 2.05) is 13.8 Å². The lowest BCUT2D eigenvalue weighted by Crippen LogP contribution is -2.18. The molecule has 0 bridgehead atoms. The second kappa shape index (κ2) is 11.9. The minimum Gasteiger partial charge on any atom is -0.507 e. The maximum Gasteiger partial charge on any atom is 0.417 e. The number of ether oxygens (including phenoxy) is 5.